The molecule has 1 aromatic heterocycles. The molecule has 6 nitrogen and oxygen atoms in total. The highest BCUT2D eigenvalue weighted by molar-refractivity contribution is 6.33. The number of benzene rings is 1. The Morgan fingerprint density at radius 2 is 2.05 bits per heavy atom. The van der Waals surface area contributed by atoms with Crippen LogP contribution in [0.1, 0.15) is 27.3 Å². The van der Waals surface area contributed by atoms with Gasteiger partial charge in [0.05, 0.1) is 15.5 Å². The largest absolute Gasteiger partial charge is 0.478 e. The third-order valence-electron chi connectivity index (χ3n) is 3.29. The van der Waals surface area contributed by atoms with Crippen molar-refractivity contribution >= 4 is 23.6 Å². The summed E-state index contributed by atoms with van der Waals surface area (Å²) in [6.45, 7) is 3.68. The molecule has 1 heterocycles. The average molecular weight is 321 g/mol. The minimum Gasteiger partial charge on any atom is -0.478 e. The topological polar surface area (TPSA) is 85.4 Å². The summed E-state index contributed by atoms with van der Waals surface area (Å²) in [5, 5.41) is 19.6. The van der Waals surface area contributed by atoms with Crippen LogP contribution >= 0.6 is 11.6 Å². The molecular formula is C15H13ClN2O4. The lowest BCUT2D eigenvalue weighted by molar-refractivity contribution is -0.400. The van der Waals surface area contributed by atoms with Gasteiger partial charge in [-0.3, -0.25) is 10.1 Å². The quantitative estimate of drug-likeness (QED) is 0.687. The van der Waals surface area contributed by atoms with Crippen LogP contribution in [0.5, 0.6) is 0 Å². The van der Waals surface area contributed by atoms with E-state index in [0.717, 1.165) is 17.6 Å². The number of aromatic nitrogens is 1. The van der Waals surface area contributed by atoms with Crippen molar-refractivity contribution in [3.8, 4) is 5.69 Å². The molecule has 0 aliphatic carbocycles. The van der Waals surface area contributed by atoms with Crippen molar-refractivity contribution in [3.63, 3.8) is 0 Å². The summed E-state index contributed by atoms with van der Waals surface area (Å²) in [6.07, 6.45) is 2.30. The lowest BCUT2D eigenvalue weighted by Crippen LogP contribution is -2.02. The van der Waals surface area contributed by atoms with Crippen molar-refractivity contribution in [3.05, 3.63) is 68.1 Å². The molecule has 0 atom stereocenters. The summed E-state index contributed by atoms with van der Waals surface area (Å²) in [4.78, 5) is 20.9. The molecule has 0 aliphatic rings. The van der Waals surface area contributed by atoms with Gasteiger partial charge in [-0.25, -0.2) is 4.79 Å². The number of carbonyl (C=O) groups is 1. The van der Waals surface area contributed by atoms with Gasteiger partial charge in [0, 0.05) is 28.7 Å². The zero-order valence-electron chi connectivity index (χ0n) is 11.9. The van der Waals surface area contributed by atoms with Crippen LogP contribution in [0.2, 0.25) is 5.02 Å². The molecule has 2 aromatic rings. The first-order valence-corrected chi connectivity index (χ1v) is 6.73. The van der Waals surface area contributed by atoms with Gasteiger partial charge in [-0.15, -0.1) is 0 Å². The molecule has 0 unspecified atom stereocenters. The first-order valence-electron chi connectivity index (χ1n) is 6.35. The van der Waals surface area contributed by atoms with E-state index in [1.165, 1.54) is 12.1 Å². The zero-order chi connectivity index (χ0) is 16.4. The molecule has 0 radical (unpaired) electrons. The van der Waals surface area contributed by atoms with E-state index in [9.17, 15) is 14.9 Å². The molecule has 0 fully saturated rings. The minimum atomic E-state index is -1.09. The second-order valence-electron chi connectivity index (χ2n) is 4.73. The summed E-state index contributed by atoms with van der Waals surface area (Å²) >= 11 is 5.99. The Morgan fingerprint density at radius 3 is 2.59 bits per heavy atom. The van der Waals surface area contributed by atoms with Crippen molar-refractivity contribution in [2.24, 2.45) is 0 Å². The van der Waals surface area contributed by atoms with Crippen LogP contribution in [0.3, 0.4) is 0 Å². The Kier molecular flexibility index (Phi) is 4.32. The Balaban J connectivity index is 2.52. The van der Waals surface area contributed by atoms with Crippen molar-refractivity contribution in [2.45, 2.75) is 13.8 Å². The lowest BCUT2D eigenvalue weighted by Gasteiger charge is -2.11. The first kappa shape index (κ1) is 15.8. The number of rotatable bonds is 4. The van der Waals surface area contributed by atoms with E-state index in [-0.39, 0.29) is 10.6 Å². The molecule has 0 saturated heterocycles. The SMILES string of the molecule is Cc1cc(/C=C/[N+](=O)[O-])c(C)n1-c1ccc(C(=O)O)c(Cl)c1. The molecule has 0 aliphatic heterocycles. The van der Waals surface area contributed by atoms with E-state index >= 15 is 0 Å². The molecule has 114 valence electrons. The van der Waals surface area contributed by atoms with E-state index in [4.69, 9.17) is 16.7 Å². The highest BCUT2D eigenvalue weighted by atomic mass is 35.5. The summed E-state index contributed by atoms with van der Waals surface area (Å²) in [7, 11) is 0. The number of carboxylic acid groups (broad SMARTS) is 1. The van der Waals surface area contributed by atoms with Crippen LogP contribution in [-0.2, 0) is 0 Å². The van der Waals surface area contributed by atoms with E-state index < -0.39 is 10.9 Å². The fourth-order valence-electron chi connectivity index (χ4n) is 2.31. The Bertz CT molecular complexity index is 793. The van der Waals surface area contributed by atoms with Gasteiger partial charge >= 0.3 is 5.97 Å². The first-order chi connectivity index (χ1) is 10.3. The maximum atomic E-state index is 11.0. The van der Waals surface area contributed by atoms with E-state index in [0.29, 0.717) is 11.3 Å². The maximum Gasteiger partial charge on any atom is 0.337 e. The standard InChI is InChI=1S/C15H13ClN2O4/c1-9-7-11(5-6-17(21)22)10(2)18(9)12-3-4-13(15(19)20)14(16)8-12/h3-8H,1-2H3,(H,19,20)/b6-5+. The lowest BCUT2D eigenvalue weighted by atomic mass is 10.2. The van der Waals surface area contributed by atoms with Crippen LogP contribution in [0, 0.1) is 24.0 Å². The van der Waals surface area contributed by atoms with Crippen molar-refractivity contribution in [1.82, 2.24) is 4.57 Å². The van der Waals surface area contributed by atoms with Gasteiger partial charge in [0.25, 0.3) is 0 Å². The molecule has 7 heteroatoms. The monoisotopic (exact) mass is 320 g/mol. The number of hydrogen-bond donors (Lipinski definition) is 1. The van der Waals surface area contributed by atoms with Crippen molar-refractivity contribution in [2.75, 3.05) is 0 Å². The zero-order valence-corrected chi connectivity index (χ0v) is 12.7. The molecule has 0 spiro atoms. The van der Waals surface area contributed by atoms with Crippen LogP contribution in [-0.4, -0.2) is 20.6 Å². The van der Waals surface area contributed by atoms with Gasteiger partial charge in [0.2, 0.25) is 6.20 Å². The number of hydrogen-bond acceptors (Lipinski definition) is 3. The Hall–Kier alpha value is -2.60. The van der Waals surface area contributed by atoms with Gasteiger partial charge in [0.1, 0.15) is 0 Å². The van der Waals surface area contributed by atoms with Crippen LogP contribution in [0.15, 0.2) is 30.5 Å². The molecule has 0 bridgehead atoms. The third kappa shape index (κ3) is 3.01. The predicted molar refractivity (Wildman–Crippen MR) is 83.2 cm³/mol. The summed E-state index contributed by atoms with van der Waals surface area (Å²) in [5.74, 6) is -1.09. The summed E-state index contributed by atoms with van der Waals surface area (Å²) in [6, 6.07) is 6.46. The highest BCUT2D eigenvalue weighted by Gasteiger charge is 2.13. The number of halogens is 1. The van der Waals surface area contributed by atoms with E-state index in [1.807, 2.05) is 24.5 Å². The molecule has 1 aromatic carbocycles. The number of aryl methyl sites for hydroxylation is 1. The van der Waals surface area contributed by atoms with Crippen molar-refractivity contribution < 1.29 is 14.8 Å². The maximum absolute atomic E-state index is 11.0. The number of aromatic carboxylic acids is 1. The Labute approximate surface area is 131 Å². The second-order valence-corrected chi connectivity index (χ2v) is 5.14. The predicted octanol–water partition coefficient (Wildman–Crippen LogP) is 3.69. The molecule has 0 saturated carbocycles. The molecular weight excluding hydrogens is 308 g/mol. The van der Waals surface area contributed by atoms with Gasteiger partial charge in [0.15, 0.2) is 0 Å². The van der Waals surface area contributed by atoms with Gasteiger partial charge in [-0.1, -0.05) is 11.6 Å². The van der Waals surface area contributed by atoms with E-state index in [1.54, 1.807) is 12.1 Å². The molecule has 22 heavy (non-hydrogen) atoms. The Morgan fingerprint density at radius 1 is 1.36 bits per heavy atom. The van der Waals surface area contributed by atoms with Crippen molar-refractivity contribution in [1.29, 1.82) is 0 Å². The van der Waals surface area contributed by atoms with Crippen LogP contribution in [0.4, 0.5) is 0 Å². The van der Waals surface area contributed by atoms with Crippen LogP contribution in [0.25, 0.3) is 11.8 Å². The summed E-state index contributed by atoms with van der Waals surface area (Å²) < 4.78 is 1.86. The minimum absolute atomic E-state index is 0.0290. The number of carboxylic acids is 1. The van der Waals surface area contributed by atoms with Gasteiger partial charge in [-0.05, 0) is 38.1 Å². The van der Waals surface area contributed by atoms with Gasteiger partial charge in [-0.2, -0.15) is 0 Å². The van der Waals surface area contributed by atoms with Crippen LogP contribution < -0.4 is 0 Å². The van der Waals surface area contributed by atoms with E-state index in [2.05, 4.69) is 0 Å². The smallest absolute Gasteiger partial charge is 0.337 e. The second kappa shape index (κ2) is 6.03. The molecule has 0 amide bonds. The fraction of sp³-hybridized carbons (Fsp3) is 0.133. The normalized spacial score (nSPS) is 11.0. The summed E-state index contributed by atoms with van der Waals surface area (Å²) in [5.41, 5.74) is 3.11. The highest BCUT2D eigenvalue weighted by Crippen LogP contribution is 2.25. The van der Waals surface area contributed by atoms with Gasteiger partial charge < -0.3 is 9.67 Å². The third-order valence-corrected chi connectivity index (χ3v) is 3.60. The fourth-order valence-corrected chi connectivity index (χ4v) is 2.57. The molecule has 1 N–H and O–H groups in total. The number of nitro groups is 1. The molecule has 2 rings (SSSR count). The number of nitrogens with zero attached hydrogens (tertiary/aromatic N) is 2. The average Bonchev–Trinajstić information content (AvgIpc) is 2.70.